The van der Waals surface area contributed by atoms with Crippen LogP contribution in [0.4, 0.5) is 0 Å². The van der Waals surface area contributed by atoms with Gasteiger partial charge in [0.15, 0.2) is 17.4 Å². The van der Waals surface area contributed by atoms with Crippen LogP contribution in [0.2, 0.25) is 0 Å². The molecule has 0 unspecified atom stereocenters. The van der Waals surface area contributed by atoms with Gasteiger partial charge in [-0.3, -0.25) is 9.11 Å². The second-order valence-corrected chi connectivity index (χ2v) is 1.34. The fourth-order valence-corrected chi connectivity index (χ4v) is 0. The molecule has 0 aromatic heterocycles. The van der Waals surface area contributed by atoms with Gasteiger partial charge in [0.2, 0.25) is 0 Å². The molecule has 42 valence electrons. The van der Waals surface area contributed by atoms with Crippen molar-refractivity contribution in [1.82, 2.24) is 0 Å². The average molecular weight is 348 g/mol. The number of rotatable bonds is 0. The summed E-state index contributed by atoms with van der Waals surface area (Å²) in [5, 5.41) is 0. The van der Waals surface area contributed by atoms with Gasteiger partial charge in [-0.1, -0.05) is 0 Å². The van der Waals surface area contributed by atoms with Crippen molar-refractivity contribution in [1.29, 1.82) is 0 Å². The van der Waals surface area contributed by atoms with Gasteiger partial charge in [-0.05, 0) is 0 Å². The normalized spacial score (nSPS) is 7.25. The van der Waals surface area contributed by atoms with Crippen molar-refractivity contribution in [3.05, 3.63) is 0 Å². The van der Waals surface area contributed by atoms with Gasteiger partial charge in [-0.25, -0.2) is 0 Å². The second-order valence-electron chi connectivity index (χ2n) is 0.448. The summed E-state index contributed by atoms with van der Waals surface area (Å²) in [5.41, 5.74) is 0. The Hall–Kier alpha value is 4.26. The molecule has 0 aromatic rings. The molecule has 0 saturated carbocycles. The van der Waals surface area contributed by atoms with Crippen LogP contribution in [0.15, 0.2) is 0 Å². The molecule has 0 saturated heterocycles. The number of hydrogen-bond donors (Lipinski definition) is 2. The van der Waals surface area contributed by atoms with E-state index >= 15 is 0 Å². The molecule has 0 spiro atoms. The van der Waals surface area contributed by atoms with E-state index in [4.69, 9.17) is 17.5 Å². The van der Waals surface area contributed by atoms with Crippen molar-refractivity contribution >= 4 is 155 Å². The Labute approximate surface area is 166 Å². The van der Waals surface area contributed by atoms with E-state index in [0.717, 1.165) is 0 Å². The molecule has 0 rings (SSSR count). The fraction of sp³-hybridized carbons (Fsp3) is 0. The van der Waals surface area contributed by atoms with Crippen molar-refractivity contribution < 1.29 is 17.5 Å². The van der Waals surface area contributed by atoms with Crippen LogP contribution in [-0.4, -0.2) is 162 Å². The van der Waals surface area contributed by atoms with Gasteiger partial charge in [0, 0.05) is 0 Å². The van der Waals surface area contributed by atoms with E-state index in [1.807, 2.05) is 0 Å². The average Bonchev–Trinajstić information content (AvgIpc) is 0.722. The molecule has 0 aliphatic heterocycles. The molecule has 8 heavy (non-hydrogen) atoms. The predicted molar refractivity (Wildman–Crippen MR) is 38.4 cm³/mol. The Balaban J connectivity index is -0.0000000267. The Morgan fingerprint density at radius 2 is 1.12 bits per heavy atom. The molecule has 0 aromatic carbocycles. The third kappa shape index (κ3) is 48.5. The van der Waals surface area contributed by atoms with Crippen molar-refractivity contribution in [2.75, 3.05) is 0 Å². The summed E-state index contributed by atoms with van der Waals surface area (Å²) in [6.45, 7) is 0. The maximum atomic E-state index is 8.74. The summed E-state index contributed by atoms with van der Waals surface area (Å²) in [4.78, 5) is 0. The molecule has 4 nitrogen and oxygen atoms in total. The predicted octanol–water partition coefficient (Wildman–Crippen LogP) is -3.13. The van der Waals surface area contributed by atoms with Gasteiger partial charge in [-0.15, -0.1) is 0 Å². The van der Waals surface area contributed by atoms with Crippen LogP contribution in [0.5, 0.6) is 0 Å². The quantitative estimate of drug-likeness (QED) is 0.359. The molecule has 0 aliphatic rings. The minimum atomic E-state index is -4.67. The van der Waals surface area contributed by atoms with E-state index in [0.29, 0.717) is 0 Å². The first-order chi connectivity index (χ1) is 2.00. The maximum absolute atomic E-state index is 8.74. The summed E-state index contributed by atoms with van der Waals surface area (Å²) < 4.78 is 31.6. The van der Waals surface area contributed by atoms with Gasteiger partial charge in [0.05, 0.1) is 0 Å². The Kier molecular flexibility index (Phi) is 32.1. The van der Waals surface area contributed by atoms with Gasteiger partial charge < -0.3 is 0 Å². The standard InChI is InChI=1S/Al.Cs.H2O4S.Rb.5H/c;;1-5(2,3)4;;;;;;/h;;(H2,1,2,3,4);;;;;;. The zero-order valence-corrected chi connectivity index (χ0v) is 2.94. The van der Waals surface area contributed by atoms with Crippen LogP contribution in [0.25, 0.3) is 0 Å². The Bertz CT molecular complexity index is 99.2. The van der Waals surface area contributed by atoms with E-state index in [1.165, 1.54) is 0 Å². The van der Waals surface area contributed by atoms with E-state index in [2.05, 4.69) is 0 Å². The molecule has 0 bridgehead atoms. The van der Waals surface area contributed by atoms with Crippen LogP contribution in [0.1, 0.15) is 0 Å². The first-order valence-corrected chi connectivity index (χ1v) is 2.10. The molecule has 0 atom stereocenters. The van der Waals surface area contributed by atoms with E-state index < -0.39 is 10.4 Å². The fourth-order valence-electron chi connectivity index (χ4n) is 0. The van der Waals surface area contributed by atoms with Gasteiger partial charge in [0.25, 0.3) is 0 Å². The van der Waals surface area contributed by atoms with Crippen molar-refractivity contribution in [2.45, 2.75) is 0 Å². The van der Waals surface area contributed by atoms with Gasteiger partial charge >= 0.3 is 137 Å². The van der Waals surface area contributed by atoms with Crippen LogP contribution in [0, 0.1) is 0 Å². The molecule has 0 aliphatic carbocycles. The summed E-state index contributed by atoms with van der Waals surface area (Å²) in [5.74, 6) is 0. The SMILES string of the molecule is O=S(=O)(O)O.[AlH3].[CsH].[RbH]. The molecule has 0 amide bonds. The topological polar surface area (TPSA) is 74.6 Å². The van der Waals surface area contributed by atoms with E-state index in [9.17, 15) is 0 Å². The second kappa shape index (κ2) is 11.3. The van der Waals surface area contributed by atoms with Crippen LogP contribution in [-0.2, 0) is 10.4 Å². The summed E-state index contributed by atoms with van der Waals surface area (Å²) in [6.07, 6.45) is 0. The zero-order chi connectivity index (χ0) is 4.50. The van der Waals surface area contributed by atoms with E-state index in [-0.39, 0.29) is 144 Å². The molecule has 0 fully saturated rings. The number of hydrogen-bond acceptors (Lipinski definition) is 2. The van der Waals surface area contributed by atoms with Gasteiger partial charge in [0.1, 0.15) is 0 Å². The molecular formula is H7AlCsO4RbS. The van der Waals surface area contributed by atoms with Crippen LogP contribution < -0.4 is 0 Å². The summed E-state index contributed by atoms with van der Waals surface area (Å²) in [6, 6.07) is 0. The molecule has 8 heteroatoms. The Morgan fingerprint density at radius 1 is 1.12 bits per heavy atom. The summed E-state index contributed by atoms with van der Waals surface area (Å²) >= 11 is 0. The molecule has 0 radical (unpaired) electrons. The third-order valence-corrected chi connectivity index (χ3v) is 0. The first-order valence-electron chi connectivity index (χ1n) is 0.698. The van der Waals surface area contributed by atoms with Crippen molar-refractivity contribution in [3.8, 4) is 0 Å². The first kappa shape index (κ1) is 22.8. The summed E-state index contributed by atoms with van der Waals surface area (Å²) in [7, 11) is -4.67. The monoisotopic (exact) mass is 348 g/mol. The minimum absolute atomic E-state index is 0. The van der Waals surface area contributed by atoms with Crippen molar-refractivity contribution in [2.24, 2.45) is 0 Å². The zero-order valence-electron chi connectivity index (χ0n) is 2.12. The molecular weight excluding hydrogens is 341 g/mol. The van der Waals surface area contributed by atoms with Gasteiger partial charge in [-0.2, -0.15) is 8.42 Å². The van der Waals surface area contributed by atoms with Crippen LogP contribution >= 0.6 is 0 Å². The van der Waals surface area contributed by atoms with Crippen molar-refractivity contribution in [3.63, 3.8) is 0 Å². The third-order valence-electron chi connectivity index (χ3n) is 0. The van der Waals surface area contributed by atoms with Crippen LogP contribution in [0.3, 0.4) is 0 Å². The molecule has 0 heterocycles. The Morgan fingerprint density at radius 3 is 1.12 bits per heavy atom. The molecule has 2 N–H and O–H groups in total. The van der Waals surface area contributed by atoms with E-state index in [1.54, 1.807) is 0 Å².